The topological polar surface area (TPSA) is 59.7 Å². The molecule has 1 N–H and O–H groups in total. The van der Waals surface area contributed by atoms with Gasteiger partial charge >= 0.3 is 6.18 Å². The van der Waals surface area contributed by atoms with Crippen LogP contribution in [-0.2, 0) is 6.18 Å². The van der Waals surface area contributed by atoms with Gasteiger partial charge in [0.1, 0.15) is 17.1 Å². The van der Waals surface area contributed by atoms with Gasteiger partial charge in [0.05, 0.1) is 5.39 Å². The van der Waals surface area contributed by atoms with E-state index in [1.807, 2.05) is 6.92 Å². The van der Waals surface area contributed by atoms with E-state index in [9.17, 15) is 23.1 Å². The molecular weight excluding hydrogens is 325 g/mol. The van der Waals surface area contributed by atoms with Crippen LogP contribution < -0.4 is 10.2 Å². The minimum atomic E-state index is -4.93. The van der Waals surface area contributed by atoms with E-state index in [4.69, 9.17) is 9.15 Å². The van der Waals surface area contributed by atoms with E-state index in [-0.39, 0.29) is 22.5 Å². The molecule has 3 rings (SSSR count). The second kappa shape index (κ2) is 5.59. The molecule has 4 nitrogen and oxygen atoms in total. The lowest BCUT2D eigenvalue weighted by Crippen LogP contribution is -2.15. The quantitative estimate of drug-likeness (QED) is 0.742. The summed E-state index contributed by atoms with van der Waals surface area (Å²) >= 11 is 0. The van der Waals surface area contributed by atoms with Crippen LogP contribution in [0.15, 0.2) is 51.7 Å². The molecule has 0 aliphatic heterocycles. The van der Waals surface area contributed by atoms with Crippen LogP contribution in [0.2, 0.25) is 0 Å². The van der Waals surface area contributed by atoms with Crippen molar-refractivity contribution in [2.75, 3.05) is 0 Å². The zero-order chi connectivity index (χ0) is 17.5. The Morgan fingerprint density at radius 1 is 1.08 bits per heavy atom. The number of hydrogen-bond acceptors (Lipinski definition) is 4. The highest BCUT2D eigenvalue weighted by Gasteiger charge is 2.40. The Hall–Kier alpha value is -2.96. The van der Waals surface area contributed by atoms with Gasteiger partial charge in [0.25, 0.3) is 5.76 Å². The van der Waals surface area contributed by atoms with E-state index < -0.39 is 23.1 Å². The summed E-state index contributed by atoms with van der Waals surface area (Å²) in [7, 11) is 0. The average Bonchev–Trinajstić information content (AvgIpc) is 2.50. The normalized spacial score (nSPS) is 11.7. The highest BCUT2D eigenvalue weighted by molar-refractivity contribution is 5.79. The number of aryl methyl sites for hydroxylation is 1. The summed E-state index contributed by atoms with van der Waals surface area (Å²) in [5, 5.41) is 9.25. The Balaban J connectivity index is 2.24. The Morgan fingerprint density at radius 3 is 2.38 bits per heavy atom. The fourth-order valence-electron chi connectivity index (χ4n) is 2.17. The number of rotatable bonds is 2. The standard InChI is InChI=1S/C17H11F3O4/c1-9-2-5-11(6-3-9)23-15-14(22)12-7-4-10(21)8-13(12)24-16(15)17(18,19)20/h2-8,21H,1H3. The van der Waals surface area contributed by atoms with E-state index in [0.29, 0.717) is 0 Å². The third-order valence-electron chi connectivity index (χ3n) is 3.33. The molecule has 0 saturated heterocycles. The molecule has 7 heteroatoms. The third-order valence-corrected chi connectivity index (χ3v) is 3.33. The van der Waals surface area contributed by atoms with Crippen LogP contribution in [0.25, 0.3) is 11.0 Å². The van der Waals surface area contributed by atoms with E-state index in [2.05, 4.69) is 0 Å². The molecule has 0 bridgehead atoms. The van der Waals surface area contributed by atoms with Crippen molar-refractivity contribution >= 4 is 11.0 Å². The first-order chi connectivity index (χ1) is 11.3. The van der Waals surface area contributed by atoms with Gasteiger partial charge in [-0.25, -0.2) is 0 Å². The number of phenols is 1. The molecule has 0 spiro atoms. The van der Waals surface area contributed by atoms with Crippen molar-refractivity contribution in [3.05, 3.63) is 64.0 Å². The summed E-state index contributed by atoms with van der Waals surface area (Å²) < 4.78 is 49.7. The Kier molecular flexibility index (Phi) is 3.71. The molecule has 0 aliphatic carbocycles. The van der Waals surface area contributed by atoms with Crippen molar-refractivity contribution < 1.29 is 27.4 Å². The zero-order valence-electron chi connectivity index (χ0n) is 12.3. The smallest absolute Gasteiger partial charge is 0.453 e. The lowest BCUT2D eigenvalue weighted by Gasteiger charge is -2.13. The van der Waals surface area contributed by atoms with E-state index in [1.54, 1.807) is 12.1 Å². The van der Waals surface area contributed by atoms with Crippen molar-refractivity contribution in [1.29, 1.82) is 0 Å². The summed E-state index contributed by atoms with van der Waals surface area (Å²) in [6, 6.07) is 9.50. The van der Waals surface area contributed by atoms with Gasteiger partial charge in [0.2, 0.25) is 11.2 Å². The third kappa shape index (κ3) is 2.92. The van der Waals surface area contributed by atoms with Crippen LogP contribution in [0.5, 0.6) is 17.2 Å². The molecule has 0 fully saturated rings. The largest absolute Gasteiger partial charge is 0.508 e. The van der Waals surface area contributed by atoms with E-state index in [1.165, 1.54) is 24.3 Å². The summed E-state index contributed by atoms with van der Waals surface area (Å²) in [6.07, 6.45) is -4.93. The van der Waals surface area contributed by atoms with Crippen molar-refractivity contribution in [1.82, 2.24) is 0 Å². The summed E-state index contributed by atoms with van der Waals surface area (Å²) in [6.45, 7) is 1.81. The molecular formula is C17H11F3O4. The van der Waals surface area contributed by atoms with Gasteiger partial charge in [0.15, 0.2) is 0 Å². The molecule has 0 radical (unpaired) electrons. The maximum atomic E-state index is 13.2. The summed E-state index contributed by atoms with van der Waals surface area (Å²) in [5.74, 6) is -2.72. The SMILES string of the molecule is Cc1ccc(Oc2c(C(F)(F)F)oc3cc(O)ccc3c2=O)cc1. The molecule has 0 atom stereocenters. The van der Waals surface area contributed by atoms with Gasteiger partial charge in [-0.15, -0.1) is 0 Å². The lowest BCUT2D eigenvalue weighted by atomic mass is 10.2. The maximum absolute atomic E-state index is 13.2. The Morgan fingerprint density at radius 2 is 1.75 bits per heavy atom. The number of halogens is 3. The molecule has 2 aromatic carbocycles. The Bertz CT molecular complexity index is 956. The molecule has 0 aliphatic rings. The van der Waals surface area contributed by atoms with Gasteiger partial charge < -0.3 is 14.3 Å². The first-order valence-electron chi connectivity index (χ1n) is 6.87. The Labute approximate surface area is 133 Å². The number of fused-ring (bicyclic) bond motifs is 1. The summed E-state index contributed by atoms with van der Waals surface area (Å²) in [4.78, 5) is 12.4. The van der Waals surface area contributed by atoms with Gasteiger partial charge in [-0.05, 0) is 31.2 Å². The fraction of sp³-hybridized carbons (Fsp3) is 0.118. The van der Waals surface area contributed by atoms with Crippen LogP contribution in [0.3, 0.4) is 0 Å². The van der Waals surface area contributed by atoms with Gasteiger partial charge in [-0.1, -0.05) is 17.7 Å². The number of alkyl halides is 3. The number of hydrogen-bond donors (Lipinski definition) is 1. The highest BCUT2D eigenvalue weighted by Crippen LogP contribution is 2.38. The van der Waals surface area contributed by atoms with Crippen LogP contribution in [0.4, 0.5) is 13.2 Å². The fourth-order valence-corrected chi connectivity index (χ4v) is 2.17. The van der Waals surface area contributed by atoms with Gasteiger partial charge in [-0.3, -0.25) is 4.79 Å². The molecule has 1 aromatic heterocycles. The number of benzene rings is 2. The van der Waals surface area contributed by atoms with Crippen LogP contribution >= 0.6 is 0 Å². The number of ether oxygens (including phenoxy) is 1. The lowest BCUT2D eigenvalue weighted by molar-refractivity contribution is -0.154. The van der Waals surface area contributed by atoms with Crippen LogP contribution in [0.1, 0.15) is 11.3 Å². The molecule has 24 heavy (non-hydrogen) atoms. The molecule has 0 amide bonds. The van der Waals surface area contributed by atoms with E-state index in [0.717, 1.165) is 11.6 Å². The molecule has 0 saturated carbocycles. The highest BCUT2D eigenvalue weighted by atomic mass is 19.4. The molecule has 124 valence electrons. The monoisotopic (exact) mass is 336 g/mol. The first kappa shape index (κ1) is 15.9. The number of phenolic OH excluding ortho intramolecular Hbond substituents is 1. The second-order valence-electron chi connectivity index (χ2n) is 5.18. The minimum absolute atomic E-state index is 0.0801. The van der Waals surface area contributed by atoms with Gasteiger partial charge in [0, 0.05) is 6.07 Å². The van der Waals surface area contributed by atoms with Gasteiger partial charge in [-0.2, -0.15) is 13.2 Å². The number of aromatic hydroxyl groups is 1. The van der Waals surface area contributed by atoms with Crippen molar-refractivity contribution in [3.63, 3.8) is 0 Å². The maximum Gasteiger partial charge on any atom is 0.453 e. The predicted molar refractivity (Wildman–Crippen MR) is 80.4 cm³/mol. The van der Waals surface area contributed by atoms with Crippen LogP contribution in [0, 0.1) is 6.92 Å². The van der Waals surface area contributed by atoms with E-state index >= 15 is 0 Å². The minimum Gasteiger partial charge on any atom is -0.508 e. The van der Waals surface area contributed by atoms with Crippen LogP contribution in [-0.4, -0.2) is 5.11 Å². The summed E-state index contributed by atoms with van der Waals surface area (Å²) in [5.41, 5.74) is -0.452. The van der Waals surface area contributed by atoms with Crippen molar-refractivity contribution in [2.45, 2.75) is 13.1 Å². The average molecular weight is 336 g/mol. The van der Waals surface area contributed by atoms with Crippen molar-refractivity contribution in [2.24, 2.45) is 0 Å². The second-order valence-corrected chi connectivity index (χ2v) is 5.18. The zero-order valence-corrected chi connectivity index (χ0v) is 12.3. The van der Waals surface area contributed by atoms with Crippen molar-refractivity contribution in [3.8, 4) is 17.2 Å². The molecule has 0 unspecified atom stereocenters. The predicted octanol–water partition coefficient (Wildman–Crippen LogP) is 4.62. The molecule has 3 aromatic rings. The molecule has 1 heterocycles. The first-order valence-corrected chi connectivity index (χ1v) is 6.87.